The van der Waals surface area contributed by atoms with E-state index in [1.54, 1.807) is 0 Å². The SMILES string of the molecule is C[C@@H]1O[C@H]2C3=C(C(=O)[C@@H]4O[C@@H]4[C@H]3O)[C@@H]1[C@H]1[C@@H](C)OC=C3[C@H](O)[C@H]4O[C@H]4C(=O)[C@@]312. The van der Waals surface area contributed by atoms with E-state index in [0.717, 1.165) is 0 Å². The molecule has 1 spiro atoms. The van der Waals surface area contributed by atoms with Crippen LogP contribution in [0.4, 0.5) is 0 Å². The Morgan fingerprint density at radius 1 is 0.964 bits per heavy atom. The number of aliphatic hydroxyl groups is 2. The first-order valence-electron chi connectivity index (χ1n) is 9.90. The molecule has 4 fully saturated rings. The molecule has 8 heteroatoms. The zero-order chi connectivity index (χ0) is 19.3. The van der Waals surface area contributed by atoms with Gasteiger partial charge in [-0.1, -0.05) is 0 Å². The van der Waals surface area contributed by atoms with Crippen molar-refractivity contribution in [3.63, 3.8) is 0 Å². The molecule has 3 aliphatic carbocycles. The molecule has 0 radical (unpaired) electrons. The third-order valence-electron chi connectivity index (χ3n) is 8.00. The molecule has 5 heterocycles. The van der Waals surface area contributed by atoms with E-state index in [9.17, 15) is 19.8 Å². The Morgan fingerprint density at radius 2 is 1.68 bits per heavy atom. The smallest absolute Gasteiger partial charge is 0.190 e. The second kappa shape index (κ2) is 4.60. The molecule has 0 aromatic rings. The molecule has 8 nitrogen and oxygen atoms in total. The molecular formula is C20H20O8. The first-order valence-corrected chi connectivity index (χ1v) is 9.90. The van der Waals surface area contributed by atoms with E-state index in [0.29, 0.717) is 16.7 Å². The number of carbonyl (C=O) groups excluding carboxylic acids is 2. The maximum Gasteiger partial charge on any atom is 0.190 e. The quantitative estimate of drug-likeness (QED) is 0.509. The number of epoxide rings is 2. The monoisotopic (exact) mass is 388 g/mol. The molecule has 2 N–H and O–H groups in total. The first kappa shape index (κ1) is 16.2. The molecule has 8 aliphatic rings. The van der Waals surface area contributed by atoms with Crippen LogP contribution >= 0.6 is 0 Å². The van der Waals surface area contributed by atoms with Crippen LogP contribution in [0.5, 0.6) is 0 Å². The van der Waals surface area contributed by atoms with E-state index in [2.05, 4.69) is 0 Å². The summed E-state index contributed by atoms with van der Waals surface area (Å²) in [6, 6.07) is 0. The number of ether oxygens (including phenoxy) is 4. The zero-order valence-electron chi connectivity index (χ0n) is 15.3. The summed E-state index contributed by atoms with van der Waals surface area (Å²) in [6.45, 7) is 3.77. The zero-order valence-corrected chi connectivity index (χ0v) is 15.3. The number of rotatable bonds is 0. The molecule has 0 aromatic heterocycles. The fourth-order valence-corrected chi connectivity index (χ4v) is 6.86. The van der Waals surface area contributed by atoms with Crippen molar-refractivity contribution in [1.29, 1.82) is 0 Å². The van der Waals surface area contributed by atoms with Crippen LogP contribution in [0.15, 0.2) is 23.0 Å². The van der Waals surface area contributed by atoms with Crippen LogP contribution in [-0.4, -0.2) is 76.7 Å². The van der Waals surface area contributed by atoms with Gasteiger partial charge >= 0.3 is 0 Å². The summed E-state index contributed by atoms with van der Waals surface area (Å²) in [5.74, 6) is -1.05. The highest BCUT2D eigenvalue weighted by Gasteiger charge is 2.78. The minimum Gasteiger partial charge on any atom is -0.498 e. The molecule has 5 aliphatic heterocycles. The van der Waals surface area contributed by atoms with Gasteiger partial charge < -0.3 is 29.2 Å². The summed E-state index contributed by atoms with van der Waals surface area (Å²) < 4.78 is 23.1. The van der Waals surface area contributed by atoms with Crippen LogP contribution in [0.3, 0.4) is 0 Å². The molecule has 28 heavy (non-hydrogen) atoms. The van der Waals surface area contributed by atoms with Gasteiger partial charge in [-0.25, -0.2) is 0 Å². The summed E-state index contributed by atoms with van der Waals surface area (Å²) in [7, 11) is 0. The summed E-state index contributed by atoms with van der Waals surface area (Å²) in [6.07, 6.45) is -4.40. The Kier molecular flexibility index (Phi) is 2.67. The van der Waals surface area contributed by atoms with Gasteiger partial charge in [0.15, 0.2) is 11.6 Å². The maximum atomic E-state index is 13.7. The summed E-state index contributed by atoms with van der Waals surface area (Å²) in [5.41, 5.74) is 0.269. The lowest BCUT2D eigenvalue weighted by atomic mass is 9.45. The largest absolute Gasteiger partial charge is 0.498 e. The summed E-state index contributed by atoms with van der Waals surface area (Å²) >= 11 is 0. The van der Waals surface area contributed by atoms with Gasteiger partial charge in [0.2, 0.25) is 0 Å². The third-order valence-corrected chi connectivity index (χ3v) is 8.00. The number of hydrogen-bond acceptors (Lipinski definition) is 8. The second-order valence-electron chi connectivity index (χ2n) is 9.09. The van der Waals surface area contributed by atoms with Crippen molar-refractivity contribution >= 4 is 11.6 Å². The van der Waals surface area contributed by atoms with E-state index >= 15 is 0 Å². The maximum absolute atomic E-state index is 13.7. The van der Waals surface area contributed by atoms with Crippen LogP contribution in [0.1, 0.15) is 13.8 Å². The molecule has 2 bridgehead atoms. The van der Waals surface area contributed by atoms with E-state index in [-0.39, 0.29) is 29.7 Å². The molecule has 0 unspecified atom stereocenters. The standard InChI is InChI=1S/C20H20O8/c1-4-7-8-9(13(23)16-15(27-16)12(8)22)19(26-4)20-6(3-25-5(2)10(7)20)11(21)14-17(28-14)18(20)24/h3-5,7,10-11,13-17,19,21,23H,1-2H3/t4-,5+,7+,10+,11-,13-,14+,15-,16+,17+,19-,20+/m0/s1. The molecule has 12 atom stereocenters. The van der Waals surface area contributed by atoms with Gasteiger partial charge in [0.05, 0.1) is 30.0 Å². The predicted molar refractivity (Wildman–Crippen MR) is 88.8 cm³/mol. The van der Waals surface area contributed by atoms with Crippen molar-refractivity contribution in [3.05, 3.63) is 23.0 Å². The highest BCUT2D eigenvalue weighted by molar-refractivity contribution is 6.06. The van der Waals surface area contributed by atoms with Crippen molar-refractivity contribution in [2.75, 3.05) is 0 Å². The Hall–Kier alpha value is -1.58. The predicted octanol–water partition coefficient (Wildman–Crippen LogP) is -0.973. The number of aliphatic hydroxyl groups excluding tert-OH is 2. The second-order valence-corrected chi connectivity index (χ2v) is 9.09. The van der Waals surface area contributed by atoms with Crippen LogP contribution in [-0.2, 0) is 28.5 Å². The Morgan fingerprint density at radius 3 is 2.46 bits per heavy atom. The topological polar surface area (TPSA) is 118 Å². The average Bonchev–Trinajstić information content (AvgIpc) is 3.57. The fraction of sp³-hybridized carbons (Fsp3) is 0.700. The Bertz CT molecular complexity index is 921. The third kappa shape index (κ3) is 1.47. The van der Waals surface area contributed by atoms with Crippen LogP contribution < -0.4 is 0 Å². The number of carbonyl (C=O) groups is 2. The number of hydrogen-bond donors (Lipinski definition) is 2. The average molecular weight is 388 g/mol. The molecule has 3 saturated heterocycles. The summed E-state index contributed by atoms with van der Waals surface area (Å²) in [4.78, 5) is 26.7. The minimum atomic E-state index is -1.19. The van der Waals surface area contributed by atoms with Gasteiger partial charge in [-0.05, 0) is 19.4 Å². The van der Waals surface area contributed by atoms with Gasteiger partial charge in [-0.15, -0.1) is 0 Å². The van der Waals surface area contributed by atoms with E-state index in [1.807, 2.05) is 13.8 Å². The van der Waals surface area contributed by atoms with Gasteiger partial charge in [0.1, 0.15) is 36.6 Å². The van der Waals surface area contributed by atoms with Gasteiger partial charge in [0.25, 0.3) is 0 Å². The van der Waals surface area contributed by atoms with Crippen LogP contribution in [0.2, 0.25) is 0 Å². The number of ketones is 2. The molecule has 1 saturated carbocycles. The minimum absolute atomic E-state index is 0.113. The normalized spacial score (nSPS) is 60.0. The van der Waals surface area contributed by atoms with Crippen molar-refractivity contribution < 1.29 is 38.7 Å². The van der Waals surface area contributed by atoms with Crippen LogP contribution in [0.25, 0.3) is 0 Å². The molecule has 8 rings (SSSR count). The van der Waals surface area contributed by atoms with E-state index in [1.165, 1.54) is 6.26 Å². The lowest BCUT2D eigenvalue weighted by Crippen LogP contribution is -2.72. The van der Waals surface area contributed by atoms with Gasteiger partial charge in [-0.3, -0.25) is 9.59 Å². The first-order chi connectivity index (χ1) is 13.4. The van der Waals surface area contributed by atoms with E-state index in [4.69, 9.17) is 18.9 Å². The number of fused-ring (bicyclic) bond motifs is 3. The van der Waals surface area contributed by atoms with Crippen molar-refractivity contribution in [2.24, 2.45) is 17.3 Å². The lowest BCUT2D eigenvalue weighted by Gasteiger charge is -2.63. The van der Waals surface area contributed by atoms with Gasteiger partial charge in [0, 0.05) is 23.0 Å². The lowest BCUT2D eigenvalue weighted by molar-refractivity contribution is -0.210. The molecule has 0 aromatic carbocycles. The summed E-state index contributed by atoms with van der Waals surface area (Å²) in [5, 5.41) is 21.8. The van der Waals surface area contributed by atoms with Crippen molar-refractivity contribution in [3.8, 4) is 0 Å². The Labute approximate surface area is 160 Å². The van der Waals surface area contributed by atoms with Gasteiger partial charge in [-0.2, -0.15) is 0 Å². The highest BCUT2D eigenvalue weighted by atomic mass is 16.6. The van der Waals surface area contributed by atoms with Crippen molar-refractivity contribution in [1.82, 2.24) is 0 Å². The molecule has 0 amide bonds. The number of Topliss-reactive ketones (excluding diaryl/α,β-unsaturated/α-hetero) is 2. The molecular weight excluding hydrogens is 368 g/mol. The van der Waals surface area contributed by atoms with Crippen molar-refractivity contribution in [2.45, 2.75) is 68.8 Å². The van der Waals surface area contributed by atoms with E-state index < -0.39 is 54.1 Å². The highest BCUT2D eigenvalue weighted by Crippen LogP contribution is 2.67. The fourth-order valence-electron chi connectivity index (χ4n) is 6.86. The van der Waals surface area contributed by atoms with Crippen LogP contribution in [0, 0.1) is 17.3 Å². The Balaban J connectivity index is 1.52. The molecule has 148 valence electrons.